The van der Waals surface area contributed by atoms with Gasteiger partial charge in [-0.2, -0.15) is 0 Å². The SMILES string of the molecule is CC(NCCc1ccncc1)C(=O)NC1CCCC1. The molecule has 0 spiro atoms. The third kappa shape index (κ3) is 4.63. The number of amides is 1. The highest BCUT2D eigenvalue weighted by Crippen LogP contribution is 2.17. The van der Waals surface area contributed by atoms with E-state index in [0.717, 1.165) is 25.8 Å². The van der Waals surface area contributed by atoms with Crippen LogP contribution in [-0.4, -0.2) is 29.5 Å². The van der Waals surface area contributed by atoms with Crippen LogP contribution in [0.15, 0.2) is 24.5 Å². The van der Waals surface area contributed by atoms with Crippen molar-refractivity contribution >= 4 is 5.91 Å². The number of hydrogen-bond acceptors (Lipinski definition) is 3. The quantitative estimate of drug-likeness (QED) is 0.819. The summed E-state index contributed by atoms with van der Waals surface area (Å²) in [5.41, 5.74) is 1.24. The maximum absolute atomic E-state index is 12.0. The van der Waals surface area contributed by atoms with Gasteiger partial charge in [-0.05, 0) is 50.4 Å². The van der Waals surface area contributed by atoms with Crippen LogP contribution >= 0.6 is 0 Å². The van der Waals surface area contributed by atoms with Crippen molar-refractivity contribution in [2.45, 2.75) is 51.1 Å². The molecular formula is C15H23N3O. The van der Waals surface area contributed by atoms with Crippen LogP contribution in [0.25, 0.3) is 0 Å². The van der Waals surface area contributed by atoms with Crippen molar-refractivity contribution < 1.29 is 4.79 Å². The van der Waals surface area contributed by atoms with Crippen LogP contribution in [0, 0.1) is 0 Å². The van der Waals surface area contributed by atoms with Crippen molar-refractivity contribution in [2.75, 3.05) is 6.54 Å². The first-order valence-electron chi connectivity index (χ1n) is 7.18. The van der Waals surface area contributed by atoms with Gasteiger partial charge in [-0.15, -0.1) is 0 Å². The molecule has 1 heterocycles. The number of aromatic nitrogens is 1. The summed E-state index contributed by atoms with van der Waals surface area (Å²) in [5.74, 6) is 0.127. The maximum atomic E-state index is 12.0. The molecule has 1 aromatic heterocycles. The zero-order valence-electron chi connectivity index (χ0n) is 11.6. The Bertz CT molecular complexity index is 388. The molecule has 19 heavy (non-hydrogen) atoms. The maximum Gasteiger partial charge on any atom is 0.237 e. The molecule has 1 aromatic rings. The molecule has 104 valence electrons. The minimum absolute atomic E-state index is 0.123. The van der Waals surface area contributed by atoms with Crippen molar-refractivity contribution in [3.05, 3.63) is 30.1 Å². The molecule has 2 N–H and O–H groups in total. The summed E-state index contributed by atoms with van der Waals surface area (Å²) in [6.07, 6.45) is 9.27. The molecule has 0 aromatic carbocycles. The molecule has 2 rings (SSSR count). The van der Waals surface area contributed by atoms with Crippen molar-refractivity contribution in [1.29, 1.82) is 0 Å². The summed E-state index contributed by atoms with van der Waals surface area (Å²) in [6, 6.07) is 4.29. The average Bonchev–Trinajstić information content (AvgIpc) is 2.92. The molecule has 1 unspecified atom stereocenters. The largest absolute Gasteiger partial charge is 0.352 e. The van der Waals surface area contributed by atoms with E-state index in [-0.39, 0.29) is 11.9 Å². The third-order valence-corrected chi connectivity index (χ3v) is 3.71. The lowest BCUT2D eigenvalue weighted by Gasteiger charge is -2.17. The summed E-state index contributed by atoms with van der Waals surface area (Å²) in [5, 5.41) is 6.39. The molecule has 0 aliphatic heterocycles. The highest BCUT2D eigenvalue weighted by Gasteiger charge is 2.19. The van der Waals surface area contributed by atoms with Gasteiger partial charge in [-0.25, -0.2) is 0 Å². The fourth-order valence-corrected chi connectivity index (χ4v) is 2.47. The molecule has 4 nitrogen and oxygen atoms in total. The monoisotopic (exact) mass is 261 g/mol. The Hall–Kier alpha value is -1.42. The first-order chi connectivity index (χ1) is 9.25. The van der Waals surface area contributed by atoms with Gasteiger partial charge in [0, 0.05) is 18.4 Å². The van der Waals surface area contributed by atoms with Gasteiger partial charge >= 0.3 is 0 Å². The summed E-state index contributed by atoms with van der Waals surface area (Å²) in [6.45, 7) is 2.74. The Morgan fingerprint density at radius 1 is 1.37 bits per heavy atom. The van der Waals surface area contributed by atoms with E-state index < -0.39 is 0 Å². The summed E-state index contributed by atoms with van der Waals surface area (Å²) in [7, 11) is 0. The molecule has 4 heteroatoms. The number of carbonyl (C=O) groups is 1. The van der Waals surface area contributed by atoms with Crippen LogP contribution in [0.1, 0.15) is 38.2 Å². The van der Waals surface area contributed by atoms with E-state index >= 15 is 0 Å². The highest BCUT2D eigenvalue weighted by atomic mass is 16.2. The second-order valence-electron chi connectivity index (χ2n) is 5.27. The van der Waals surface area contributed by atoms with E-state index in [1.165, 1.54) is 18.4 Å². The predicted molar refractivity (Wildman–Crippen MR) is 75.8 cm³/mol. The molecular weight excluding hydrogens is 238 g/mol. The summed E-state index contributed by atoms with van der Waals surface area (Å²) in [4.78, 5) is 15.9. The molecule has 1 atom stereocenters. The smallest absolute Gasteiger partial charge is 0.237 e. The number of hydrogen-bond donors (Lipinski definition) is 2. The van der Waals surface area contributed by atoms with E-state index in [2.05, 4.69) is 15.6 Å². The minimum Gasteiger partial charge on any atom is -0.352 e. The van der Waals surface area contributed by atoms with Gasteiger partial charge < -0.3 is 10.6 Å². The second kappa shape index (κ2) is 7.24. The zero-order valence-corrected chi connectivity index (χ0v) is 11.6. The van der Waals surface area contributed by atoms with Gasteiger partial charge in [0.1, 0.15) is 0 Å². The fraction of sp³-hybridized carbons (Fsp3) is 0.600. The Balaban J connectivity index is 1.65. The number of nitrogens with one attached hydrogen (secondary N) is 2. The fourth-order valence-electron chi connectivity index (χ4n) is 2.47. The van der Waals surface area contributed by atoms with Gasteiger partial charge in [-0.3, -0.25) is 9.78 Å². The van der Waals surface area contributed by atoms with Crippen LogP contribution in [0.5, 0.6) is 0 Å². The molecule has 1 aliphatic carbocycles. The van der Waals surface area contributed by atoms with E-state index in [1.807, 2.05) is 19.1 Å². The lowest BCUT2D eigenvalue weighted by atomic mass is 10.2. The molecule has 0 bridgehead atoms. The number of rotatable bonds is 6. The number of carbonyl (C=O) groups excluding carboxylic acids is 1. The van der Waals surface area contributed by atoms with Crippen molar-refractivity contribution in [3.8, 4) is 0 Å². The summed E-state index contributed by atoms with van der Waals surface area (Å²) >= 11 is 0. The zero-order chi connectivity index (χ0) is 13.5. The molecule has 1 fully saturated rings. The van der Waals surface area contributed by atoms with Gasteiger partial charge in [0.2, 0.25) is 5.91 Å². The highest BCUT2D eigenvalue weighted by molar-refractivity contribution is 5.81. The number of pyridine rings is 1. The van der Waals surface area contributed by atoms with Crippen LogP contribution in [0.3, 0.4) is 0 Å². The first-order valence-corrected chi connectivity index (χ1v) is 7.18. The van der Waals surface area contributed by atoms with Crippen LogP contribution < -0.4 is 10.6 Å². The Kier molecular flexibility index (Phi) is 5.33. The van der Waals surface area contributed by atoms with Gasteiger partial charge in [0.15, 0.2) is 0 Å². The number of nitrogens with zero attached hydrogens (tertiary/aromatic N) is 1. The van der Waals surface area contributed by atoms with E-state index in [4.69, 9.17) is 0 Å². The topological polar surface area (TPSA) is 54.0 Å². The van der Waals surface area contributed by atoms with Crippen molar-refractivity contribution in [3.63, 3.8) is 0 Å². The standard InChI is InChI=1S/C15H23N3O/c1-12(15(19)18-14-4-2-3-5-14)17-11-8-13-6-9-16-10-7-13/h6-7,9-10,12,14,17H,2-5,8,11H2,1H3,(H,18,19). The predicted octanol–water partition coefficient (Wildman–Crippen LogP) is 1.66. The van der Waals surface area contributed by atoms with Crippen molar-refractivity contribution in [1.82, 2.24) is 15.6 Å². The Labute approximate surface area is 115 Å². The molecule has 0 saturated heterocycles. The third-order valence-electron chi connectivity index (χ3n) is 3.71. The van der Waals surface area contributed by atoms with E-state index in [0.29, 0.717) is 6.04 Å². The lowest BCUT2D eigenvalue weighted by molar-refractivity contribution is -0.123. The van der Waals surface area contributed by atoms with Crippen LogP contribution in [0.2, 0.25) is 0 Å². The molecule has 0 radical (unpaired) electrons. The Morgan fingerprint density at radius 3 is 2.74 bits per heavy atom. The average molecular weight is 261 g/mol. The van der Waals surface area contributed by atoms with Crippen LogP contribution in [0.4, 0.5) is 0 Å². The van der Waals surface area contributed by atoms with Gasteiger partial charge in [0.05, 0.1) is 6.04 Å². The lowest BCUT2D eigenvalue weighted by Crippen LogP contribution is -2.46. The minimum atomic E-state index is -0.123. The second-order valence-corrected chi connectivity index (χ2v) is 5.27. The molecule has 1 amide bonds. The molecule has 1 saturated carbocycles. The normalized spacial score (nSPS) is 17.3. The van der Waals surface area contributed by atoms with E-state index in [9.17, 15) is 4.79 Å². The molecule has 1 aliphatic rings. The van der Waals surface area contributed by atoms with Crippen LogP contribution in [-0.2, 0) is 11.2 Å². The first kappa shape index (κ1) is 14.0. The van der Waals surface area contributed by atoms with Gasteiger partial charge in [-0.1, -0.05) is 12.8 Å². The van der Waals surface area contributed by atoms with Crippen molar-refractivity contribution in [2.24, 2.45) is 0 Å². The summed E-state index contributed by atoms with van der Waals surface area (Å²) < 4.78 is 0. The Morgan fingerprint density at radius 2 is 2.05 bits per heavy atom. The van der Waals surface area contributed by atoms with E-state index in [1.54, 1.807) is 12.4 Å². The van der Waals surface area contributed by atoms with Gasteiger partial charge in [0.25, 0.3) is 0 Å².